The van der Waals surface area contributed by atoms with Crippen LogP contribution in [0.25, 0.3) is 0 Å². The van der Waals surface area contributed by atoms with E-state index in [1.807, 2.05) is 0 Å². The van der Waals surface area contributed by atoms with Gasteiger partial charge in [0.25, 0.3) is 5.91 Å². The van der Waals surface area contributed by atoms with E-state index < -0.39 is 31.6 Å². The molecule has 1 heterocycles. The number of hydrogen-bond donors (Lipinski definition) is 1. The number of hydrogen-bond acceptors (Lipinski definition) is 5. The van der Waals surface area contributed by atoms with Crippen LogP contribution in [0.2, 0.25) is 5.02 Å². The molecule has 2 rings (SSSR count). The van der Waals surface area contributed by atoms with E-state index in [1.54, 1.807) is 0 Å². The second kappa shape index (κ2) is 5.98. The standard InChI is InChI=1S/C12H13ClN2O5S/c13-10-5-1-4-9(11(10)15(17)18)12(16)14-7-8-3-2-6-21(8,19)20/h1,4-5,8H,2-3,6-7H2,(H,14,16). The Kier molecular flexibility index (Phi) is 4.48. The van der Waals surface area contributed by atoms with Crippen molar-refractivity contribution < 1.29 is 18.1 Å². The van der Waals surface area contributed by atoms with Gasteiger partial charge in [0.05, 0.1) is 15.9 Å². The van der Waals surface area contributed by atoms with Gasteiger partial charge in [0.2, 0.25) is 0 Å². The SMILES string of the molecule is O=C(NCC1CCCS1(=O)=O)c1cccc(Cl)c1[N+](=O)[O-]. The van der Waals surface area contributed by atoms with E-state index in [2.05, 4.69) is 5.32 Å². The first-order valence-electron chi connectivity index (χ1n) is 6.25. The number of rotatable bonds is 4. The van der Waals surface area contributed by atoms with Crippen LogP contribution in [-0.4, -0.2) is 36.8 Å². The molecule has 1 atom stereocenters. The Bertz CT molecular complexity index is 689. The van der Waals surface area contributed by atoms with Crippen molar-refractivity contribution in [3.63, 3.8) is 0 Å². The van der Waals surface area contributed by atoms with Gasteiger partial charge in [-0.3, -0.25) is 14.9 Å². The van der Waals surface area contributed by atoms with Crippen LogP contribution in [0.1, 0.15) is 23.2 Å². The molecule has 1 N–H and O–H groups in total. The molecule has 7 nitrogen and oxygen atoms in total. The summed E-state index contributed by atoms with van der Waals surface area (Å²) in [5, 5.41) is 12.6. The summed E-state index contributed by atoms with van der Waals surface area (Å²) in [5.41, 5.74) is -0.658. The third-order valence-electron chi connectivity index (χ3n) is 3.37. The monoisotopic (exact) mass is 332 g/mol. The summed E-state index contributed by atoms with van der Waals surface area (Å²) < 4.78 is 23.3. The third-order valence-corrected chi connectivity index (χ3v) is 5.95. The minimum Gasteiger partial charge on any atom is -0.351 e. The lowest BCUT2D eigenvalue weighted by molar-refractivity contribution is -0.385. The Morgan fingerprint density at radius 3 is 2.76 bits per heavy atom. The summed E-state index contributed by atoms with van der Waals surface area (Å²) in [7, 11) is -3.17. The first-order valence-corrected chi connectivity index (χ1v) is 8.35. The van der Waals surface area contributed by atoms with Crippen molar-refractivity contribution >= 4 is 33.0 Å². The highest BCUT2D eigenvalue weighted by molar-refractivity contribution is 7.92. The lowest BCUT2D eigenvalue weighted by atomic mass is 10.1. The largest absolute Gasteiger partial charge is 0.351 e. The van der Waals surface area contributed by atoms with Gasteiger partial charge in [-0.1, -0.05) is 17.7 Å². The highest BCUT2D eigenvalue weighted by atomic mass is 35.5. The smallest absolute Gasteiger partial charge is 0.300 e. The molecule has 1 aromatic rings. The van der Waals surface area contributed by atoms with Crippen LogP contribution >= 0.6 is 11.6 Å². The summed E-state index contributed by atoms with van der Waals surface area (Å²) in [6.45, 7) is -0.0508. The van der Waals surface area contributed by atoms with Gasteiger partial charge in [-0.2, -0.15) is 0 Å². The number of nitrogens with one attached hydrogen (secondary N) is 1. The van der Waals surface area contributed by atoms with Crippen LogP contribution < -0.4 is 5.32 Å². The molecule has 1 fully saturated rings. The van der Waals surface area contributed by atoms with E-state index >= 15 is 0 Å². The fourth-order valence-electron chi connectivity index (χ4n) is 2.27. The zero-order valence-corrected chi connectivity index (χ0v) is 12.5. The zero-order valence-electron chi connectivity index (χ0n) is 10.9. The van der Waals surface area contributed by atoms with Crippen molar-refractivity contribution in [1.29, 1.82) is 0 Å². The van der Waals surface area contributed by atoms with Gasteiger partial charge < -0.3 is 5.32 Å². The summed E-state index contributed by atoms with van der Waals surface area (Å²) in [5.74, 6) is -0.587. The average Bonchev–Trinajstić information content (AvgIpc) is 2.74. The summed E-state index contributed by atoms with van der Waals surface area (Å²) in [6.07, 6.45) is 1.06. The summed E-state index contributed by atoms with van der Waals surface area (Å²) in [6, 6.07) is 4.02. The zero-order chi connectivity index (χ0) is 15.6. The summed E-state index contributed by atoms with van der Waals surface area (Å²) >= 11 is 5.72. The Morgan fingerprint density at radius 1 is 1.48 bits per heavy atom. The minimum absolute atomic E-state index is 0.0508. The van der Waals surface area contributed by atoms with Crippen LogP contribution in [0.3, 0.4) is 0 Å². The minimum atomic E-state index is -3.17. The summed E-state index contributed by atoms with van der Waals surface area (Å²) in [4.78, 5) is 22.2. The Labute approximate surface area is 126 Å². The second-order valence-corrected chi connectivity index (χ2v) is 7.54. The number of amides is 1. The number of nitrogens with zero attached hydrogens (tertiary/aromatic N) is 1. The van der Waals surface area contributed by atoms with Crippen LogP contribution in [0.5, 0.6) is 0 Å². The van der Waals surface area contributed by atoms with Crippen molar-refractivity contribution in [3.05, 3.63) is 38.9 Å². The van der Waals surface area contributed by atoms with E-state index in [9.17, 15) is 23.3 Å². The van der Waals surface area contributed by atoms with Gasteiger partial charge >= 0.3 is 5.69 Å². The molecule has 21 heavy (non-hydrogen) atoms. The maximum Gasteiger partial charge on any atom is 0.300 e. The number of nitro groups is 1. The van der Waals surface area contributed by atoms with E-state index in [1.165, 1.54) is 18.2 Å². The molecule has 1 aromatic carbocycles. The van der Waals surface area contributed by atoms with E-state index in [-0.39, 0.29) is 22.9 Å². The number of carbonyl (C=O) groups is 1. The molecular weight excluding hydrogens is 320 g/mol. The molecule has 0 bridgehead atoms. The fourth-order valence-corrected chi connectivity index (χ4v) is 4.28. The van der Waals surface area contributed by atoms with Gasteiger partial charge in [-0.25, -0.2) is 8.42 Å². The van der Waals surface area contributed by atoms with E-state index in [4.69, 9.17) is 11.6 Å². The lowest BCUT2D eigenvalue weighted by Gasteiger charge is -2.11. The average molecular weight is 333 g/mol. The first-order chi connectivity index (χ1) is 9.83. The third kappa shape index (κ3) is 3.33. The van der Waals surface area contributed by atoms with Crippen molar-refractivity contribution in [2.75, 3.05) is 12.3 Å². The van der Waals surface area contributed by atoms with Gasteiger partial charge in [-0.05, 0) is 25.0 Å². The first kappa shape index (κ1) is 15.7. The number of nitro benzene ring substituents is 1. The Hall–Kier alpha value is -1.67. The van der Waals surface area contributed by atoms with Crippen molar-refractivity contribution in [3.8, 4) is 0 Å². The maximum atomic E-state index is 12.0. The van der Waals surface area contributed by atoms with Crippen LogP contribution in [0.4, 0.5) is 5.69 Å². The van der Waals surface area contributed by atoms with Crippen molar-refractivity contribution in [2.24, 2.45) is 0 Å². The molecule has 1 aliphatic rings. The molecule has 0 spiro atoms. The maximum absolute atomic E-state index is 12.0. The number of halogens is 1. The molecule has 9 heteroatoms. The van der Waals surface area contributed by atoms with Crippen molar-refractivity contribution in [1.82, 2.24) is 5.32 Å². The van der Waals surface area contributed by atoms with Gasteiger partial charge in [0.15, 0.2) is 9.84 Å². The van der Waals surface area contributed by atoms with Gasteiger partial charge in [-0.15, -0.1) is 0 Å². The predicted octanol–water partition coefficient (Wildman–Crippen LogP) is 1.56. The number of sulfone groups is 1. The Morgan fingerprint density at radius 2 is 2.19 bits per heavy atom. The molecule has 0 aliphatic carbocycles. The molecule has 1 unspecified atom stereocenters. The van der Waals surface area contributed by atoms with Crippen molar-refractivity contribution in [2.45, 2.75) is 18.1 Å². The van der Waals surface area contributed by atoms with Crippen LogP contribution in [0, 0.1) is 10.1 Å². The number of para-hydroxylation sites is 1. The highest BCUT2D eigenvalue weighted by Gasteiger charge is 2.32. The van der Waals surface area contributed by atoms with Crippen LogP contribution in [-0.2, 0) is 9.84 Å². The fraction of sp³-hybridized carbons (Fsp3) is 0.417. The van der Waals surface area contributed by atoms with E-state index in [0.717, 1.165) is 0 Å². The number of benzene rings is 1. The highest BCUT2D eigenvalue weighted by Crippen LogP contribution is 2.28. The lowest BCUT2D eigenvalue weighted by Crippen LogP contribution is -2.34. The molecular formula is C12H13ClN2O5S. The van der Waals surface area contributed by atoms with Crippen LogP contribution in [0.15, 0.2) is 18.2 Å². The predicted molar refractivity (Wildman–Crippen MR) is 77.2 cm³/mol. The molecule has 1 saturated heterocycles. The second-order valence-electron chi connectivity index (χ2n) is 4.73. The molecule has 0 aromatic heterocycles. The van der Waals surface area contributed by atoms with E-state index in [0.29, 0.717) is 12.8 Å². The molecule has 1 amide bonds. The number of carbonyl (C=O) groups excluding carboxylic acids is 1. The van der Waals surface area contributed by atoms with Gasteiger partial charge in [0, 0.05) is 6.54 Å². The molecule has 0 saturated carbocycles. The topological polar surface area (TPSA) is 106 Å². The molecule has 114 valence electrons. The normalized spacial score (nSPS) is 20.1. The molecule has 0 radical (unpaired) electrons. The molecule has 1 aliphatic heterocycles. The van der Waals surface area contributed by atoms with Gasteiger partial charge in [0.1, 0.15) is 10.6 Å². The quantitative estimate of drug-likeness (QED) is 0.665. The Balaban J connectivity index is 2.15.